The van der Waals surface area contributed by atoms with Crippen LogP contribution in [-0.2, 0) is 17.9 Å². The minimum atomic E-state index is -0.287. The zero-order valence-electron chi connectivity index (χ0n) is 16.2. The molecule has 7 nitrogen and oxygen atoms in total. The van der Waals surface area contributed by atoms with E-state index in [-0.39, 0.29) is 18.0 Å². The summed E-state index contributed by atoms with van der Waals surface area (Å²) in [5, 5.41) is 7.89. The maximum atomic E-state index is 12.8. The van der Waals surface area contributed by atoms with Crippen LogP contribution < -0.4 is 15.6 Å². The van der Waals surface area contributed by atoms with Gasteiger partial charge in [0.25, 0.3) is 5.56 Å². The van der Waals surface area contributed by atoms with Gasteiger partial charge in [-0.05, 0) is 35.9 Å². The highest BCUT2D eigenvalue weighted by Gasteiger charge is 2.11. The number of carbonyl (C=O) groups is 1. The largest absolute Gasteiger partial charge is 0.497 e. The Morgan fingerprint density at radius 1 is 1.10 bits per heavy atom. The van der Waals surface area contributed by atoms with Crippen LogP contribution in [0.25, 0.3) is 16.8 Å². The summed E-state index contributed by atoms with van der Waals surface area (Å²) >= 11 is 5.93. The van der Waals surface area contributed by atoms with E-state index in [4.69, 9.17) is 16.3 Å². The van der Waals surface area contributed by atoms with E-state index in [1.807, 2.05) is 36.4 Å². The van der Waals surface area contributed by atoms with Gasteiger partial charge in [0.2, 0.25) is 5.91 Å². The second-order valence-electron chi connectivity index (χ2n) is 6.72. The molecular weight excluding hydrogens is 404 g/mol. The third-order valence-corrected chi connectivity index (χ3v) is 4.96. The van der Waals surface area contributed by atoms with Crippen molar-refractivity contribution >= 4 is 23.0 Å². The number of amides is 1. The Kier molecular flexibility index (Phi) is 5.54. The molecular formula is C22H19ClN4O3. The third kappa shape index (κ3) is 4.21. The van der Waals surface area contributed by atoms with Gasteiger partial charge in [-0.1, -0.05) is 35.9 Å². The van der Waals surface area contributed by atoms with E-state index in [0.29, 0.717) is 22.8 Å². The molecule has 4 aromatic rings. The molecule has 1 amide bonds. The average molecular weight is 423 g/mol. The summed E-state index contributed by atoms with van der Waals surface area (Å²) in [7, 11) is 1.60. The van der Waals surface area contributed by atoms with Crippen molar-refractivity contribution < 1.29 is 9.53 Å². The number of nitrogens with one attached hydrogen (secondary N) is 1. The molecule has 0 unspecified atom stereocenters. The fraction of sp³-hybridized carbons (Fsp3) is 0.136. The van der Waals surface area contributed by atoms with Crippen LogP contribution in [0, 0.1) is 0 Å². The van der Waals surface area contributed by atoms with Gasteiger partial charge >= 0.3 is 0 Å². The van der Waals surface area contributed by atoms with Crippen LogP contribution in [0.1, 0.15) is 5.56 Å². The molecule has 0 spiro atoms. The fourth-order valence-corrected chi connectivity index (χ4v) is 3.19. The molecule has 0 aliphatic carbocycles. The number of fused-ring (bicyclic) bond motifs is 1. The van der Waals surface area contributed by atoms with E-state index in [1.165, 1.54) is 9.08 Å². The maximum Gasteiger partial charge on any atom is 0.277 e. The number of benzene rings is 2. The number of nitrogens with zero attached hydrogens (tertiary/aromatic N) is 3. The monoisotopic (exact) mass is 422 g/mol. The minimum Gasteiger partial charge on any atom is -0.497 e. The first kappa shape index (κ1) is 19.7. The molecule has 30 heavy (non-hydrogen) atoms. The van der Waals surface area contributed by atoms with E-state index in [2.05, 4.69) is 10.4 Å². The Hall–Kier alpha value is -3.58. The van der Waals surface area contributed by atoms with Gasteiger partial charge in [-0.25, -0.2) is 4.52 Å². The fourth-order valence-electron chi connectivity index (χ4n) is 3.07. The van der Waals surface area contributed by atoms with Crippen LogP contribution in [0.4, 0.5) is 0 Å². The molecule has 0 saturated heterocycles. The minimum absolute atomic E-state index is 0.0764. The van der Waals surface area contributed by atoms with Gasteiger partial charge in [0.05, 0.1) is 12.8 Å². The maximum absolute atomic E-state index is 12.8. The Morgan fingerprint density at radius 2 is 1.83 bits per heavy atom. The highest BCUT2D eigenvalue weighted by atomic mass is 35.5. The van der Waals surface area contributed by atoms with Crippen LogP contribution in [-0.4, -0.2) is 27.2 Å². The summed E-state index contributed by atoms with van der Waals surface area (Å²) in [4.78, 5) is 25.1. The first-order chi connectivity index (χ1) is 14.5. The van der Waals surface area contributed by atoms with Crippen LogP contribution in [0.15, 0.2) is 71.8 Å². The zero-order chi connectivity index (χ0) is 21.1. The highest BCUT2D eigenvalue weighted by Crippen LogP contribution is 2.20. The van der Waals surface area contributed by atoms with E-state index in [9.17, 15) is 9.59 Å². The summed E-state index contributed by atoms with van der Waals surface area (Å²) in [6, 6.07) is 16.3. The van der Waals surface area contributed by atoms with E-state index >= 15 is 0 Å². The number of hydrogen-bond acceptors (Lipinski definition) is 4. The van der Waals surface area contributed by atoms with Crippen molar-refractivity contribution in [3.8, 4) is 17.0 Å². The Labute approximate surface area is 177 Å². The number of carbonyl (C=O) groups excluding carboxylic acids is 1. The van der Waals surface area contributed by atoms with Gasteiger partial charge in [0, 0.05) is 29.5 Å². The van der Waals surface area contributed by atoms with Crippen molar-refractivity contribution in [1.82, 2.24) is 19.5 Å². The van der Waals surface area contributed by atoms with E-state index < -0.39 is 0 Å². The van der Waals surface area contributed by atoms with Gasteiger partial charge in [-0.15, -0.1) is 0 Å². The van der Waals surface area contributed by atoms with Gasteiger partial charge in [-0.2, -0.15) is 5.10 Å². The molecule has 0 aliphatic rings. The lowest BCUT2D eigenvalue weighted by Crippen LogP contribution is -2.32. The highest BCUT2D eigenvalue weighted by molar-refractivity contribution is 6.30. The average Bonchev–Trinajstić information content (AvgIpc) is 3.20. The van der Waals surface area contributed by atoms with Crippen molar-refractivity contribution in [2.75, 3.05) is 7.11 Å². The Bertz CT molecular complexity index is 1240. The number of hydrogen-bond donors (Lipinski definition) is 1. The molecule has 2 aromatic heterocycles. The molecule has 1 N–H and O–H groups in total. The number of methoxy groups -OCH3 is 1. The number of halogens is 1. The molecule has 0 fully saturated rings. The standard InChI is InChI=1S/C22H19ClN4O3/c1-30-18-8-2-15(3-9-18)13-24-21(28)14-26-10-11-27-20(22(26)29)12-19(25-27)16-4-6-17(23)7-5-16/h2-12H,13-14H2,1H3,(H,24,28). The van der Waals surface area contributed by atoms with Crippen molar-refractivity contribution in [3.63, 3.8) is 0 Å². The van der Waals surface area contributed by atoms with E-state index in [1.54, 1.807) is 37.7 Å². The molecule has 0 aliphatic heterocycles. The first-order valence-corrected chi connectivity index (χ1v) is 9.66. The predicted molar refractivity (Wildman–Crippen MR) is 115 cm³/mol. The molecule has 0 atom stereocenters. The SMILES string of the molecule is COc1ccc(CNC(=O)Cn2ccn3nc(-c4ccc(Cl)cc4)cc3c2=O)cc1. The first-order valence-electron chi connectivity index (χ1n) is 9.28. The Balaban J connectivity index is 1.48. The van der Waals surface area contributed by atoms with Crippen molar-refractivity contribution in [3.05, 3.63) is 87.9 Å². The quantitative estimate of drug-likeness (QED) is 0.518. The third-order valence-electron chi connectivity index (χ3n) is 4.71. The zero-order valence-corrected chi connectivity index (χ0v) is 17.0. The van der Waals surface area contributed by atoms with Gasteiger partial charge < -0.3 is 14.6 Å². The lowest BCUT2D eigenvalue weighted by atomic mass is 10.1. The topological polar surface area (TPSA) is 77.6 Å². The molecule has 0 radical (unpaired) electrons. The van der Waals surface area contributed by atoms with Gasteiger partial charge in [0.1, 0.15) is 17.8 Å². The molecule has 152 valence electrons. The number of ether oxygens (including phenoxy) is 1. The number of aromatic nitrogens is 3. The molecule has 0 bridgehead atoms. The van der Waals surface area contributed by atoms with Gasteiger partial charge in [0.15, 0.2) is 0 Å². The summed E-state index contributed by atoms with van der Waals surface area (Å²) in [6.07, 6.45) is 3.22. The second kappa shape index (κ2) is 8.42. The van der Waals surface area contributed by atoms with Crippen molar-refractivity contribution in [2.45, 2.75) is 13.1 Å². The Morgan fingerprint density at radius 3 is 2.53 bits per heavy atom. The lowest BCUT2D eigenvalue weighted by Gasteiger charge is -2.08. The second-order valence-corrected chi connectivity index (χ2v) is 7.16. The predicted octanol–water partition coefficient (Wildman–Crippen LogP) is 3.14. The van der Waals surface area contributed by atoms with Crippen molar-refractivity contribution in [2.24, 2.45) is 0 Å². The summed E-state index contributed by atoms with van der Waals surface area (Å²) < 4.78 is 8.00. The summed E-state index contributed by atoms with van der Waals surface area (Å²) in [5.41, 5.74) is 2.56. The van der Waals surface area contributed by atoms with Crippen LogP contribution >= 0.6 is 11.6 Å². The molecule has 0 saturated carbocycles. The number of rotatable bonds is 6. The van der Waals surface area contributed by atoms with Crippen molar-refractivity contribution in [1.29, 1.82) is 0 Å². The smallest absolute Gasteiger partial charge is 0.277 e. The normalized spacial score (nSPS) is 10.9. The van der Waals surface area contributed by atoms with Crippen LogP contribution in [0.3, 0.4) is 0 Å². The molecule has 8 heteroatoms. The lowest BCUT2D eigenvalue weighted by molar-refractivity contribution is -0.121. The van der Waals surface area contributed by atoms with Crippen LogP contribution in [0.2, 0.25) is 5.02 Å². The molecule has 2 heterocycles. The van der Waals surface area contributed by atoms with Gasteiger partial charge in [-0.3, -0.25) is 9.59 Å². The van der Waals surface area contributed by atoms with E-state index in [0.717, 1.165) is 16.9 Å². The molecule has 4 rings (SSSR count). The molecule has 2 aromatic carbocycles. The summed E-state index contributed by atoms with van der Waals surface area (Å²) in [6.45, 7) is 0.292. The van der Waals surface area contributed by atoms with Crippen LogP contribution in [0.5, 0.6) is 5.75 Å². The summed E-state index contributed by atoms with van der Waals surface area (Å²) in [5.74, 6) is 0.499.